The van der Waals surface area contributed by atoms with E-state index < -0.39 is 0 Å². The highest BCUT2D eigenvalue weighted by molar-refractivity contribution is 5.52. The molecule has 0 fully saturated rings. The van der Waals surface area contributed by atoms with Gasteiger partial charge in [-0.1, -0.05) is 6.07 Å². The third-order valence-electron chi connectivity index (χ3n) is 5.75. The molecule has 1 atom stereocenters. The second kappa shape index (κ2) is 6.82. The van der Waals surface area contributed by atoms with Crippen LogP contribution in [0.5, 0.6) is 17.2 Å². The standard InChI is InChI=1S/C21H25NO4/c1-24-19-5-4-13-8-18-15-10-21(26-3)20(25-2)9-14(15)6-7-22(18)11-16(13)17(19)12-23/h4-5,9-10,18,23H,6-8,11-12H2,1-3H3/t18-/m0/s1. The molecule has 0 aromatic heterocycles. The number of benzene rings is 2. The van der Waals surface area contributed by atoms with Gasteiger partial charge in [-0.15, -0.1) is 0 Å². The number of aliphatic hydroxyl groups excluding tert-OH is 1. The first kappa shape index (κ1) is 17.2. The van der Waals surface area contributed by atoms with Crippen molar-refractivity contribution in [2.45, 2.75) is 32.0 Å². The van der Waals surface area contributed by atoms with Gasteiger partial charge < -0.3 is 19.3 Å². The number of fused-ring (bicyclic) bond motifs is 4. The Morgan fingerprint density at radius 2 is 1.73 bits per heavy atom. The molecule has 0 bridgehead atoms. The predicted molar refractivity (Wildman–Crippen MR) is 99.0 cm³/mol. The van der Waals surface area contributed by atoms with Crippen molar-refractivity contribution in [3.63, 3.8) is 0 Å². The summed E-state index contributed by atoms with van der Waals surface area (Å²) in [5.41, 5.74) is 6.08. The summed E-state index contributed by atoms with van der Waals surface area (Å²) in [6, 6.07) is 8.68. The molecule has 0 saturated carbocycles. The predicted octanol–water partition coefficient (Wildman–Crippen LogP) is 2.86. The minimum Gasteiger partial charge on any atom is -0.496 e. The minimum atomic E-state index is 0.00641. The molecule has 5 nitrogen and oxygen atoms in total. The van der Waals surface area contributed by atoms with Gasteiger partial charge in [0, 0.05) is 24.7 Å². The highest BCUT2D eigenvalue weighted by Crippen LogP contribution is 2.43. The molecule has 0 aliphatic carbocycles. The van der Waals surface area contributed by atoms with Gasteiger partial charge in [0.1, 0.15) is 5.75 Å². The van der Waals surface area contributed by atoms with E-state index in [2.05, 4.69) is 23.1 Å². The van der Waals surface area contributed by atoms with Gasteiger partial charge in [0.05, 0.1) is 27.9 Å². The molecule has 0 amide bonds. The lowest BCUT2D eigenvalue weighted by molar-refractivity contribution is 0.157. The first-order valence-electron chi connectivity index (χ1n) is 8.97. The average molecular weight is 355 g/mol. The Labute approximate surface area is 154 Å². The van der Waals surface area contributed by atoms with Crippen molar-refractivity contribution in [2.75, 3.05) is 27.9 Å². The van der Waals surface area contributed by atoms with Crippen LogP contribution < -0.4 is 14.2 Å². The lowest BCUT2D eigenvalue weighted by atomic mass is 9.82. The average Bonchev–Trinajstić information content (AvgIpc) is 2.70. The molecule has 2 aromatic rings. The van der Waals surface area contributed by atoms with Gasteiger partial charge in [0.25, 0.3) is 0 Å². The topological polar surface area (TPSA) is 51.2 Å². The first-order chi connectivity index (χ1) is 12.7. The van der Waals surface area contributed by atoms with Crippen LogP contribution in [0.3, 0.4) is 0 Å². The van der Waals surface area contributed by atoms with E-state index in [1.165, 1.54) is 22.3 Å². The molecule has 2 heterocycles. The Kier molecular flexibility index (Phi) is 4.51. The summed E-state index contributed by atoms with van der Waals surface area (Å²) in [6.07, 6.45) is 1.91. The zero-order chi connectivity index (χ0) is 18.3. The lowest BCUT2D eigenvalue weighted by Crippen LogP contribution is -2.39. The molecular formula is C21H25NO4. The summed E-state index contributed by atoms with van der Waals surface area (Å²) in [5.74, 6) is 2.35. The monoisotopic (exact) mass is 355 g/mol. The van der Waals surface area contributed by atoms with Gasteiger partial charge in [-0.05, 0) is 53.3 Å². The Morgan fingerprint density at radius 1 is 1.00 bits per heavy atom. The number of hydrogen-bond donors (Lipinski definition) is 1. The molecule has 5 heteroatoms. The molecule has 4 rings (SSSR count). The van der Waals surface area contributed by atoms with Crippen LogP contribution >= 0.6 is 0 Å². The van der Waals surface area contributed by atoms with E-state index >= 15 is 0 Å². The third kappa shape index (κ3) is 2.63. The van der Waals surface area contributed by atoms with Crippen molar-refractivity contribution in [2.24, 2.45) is 0 Å². The van der Waals surface area contributed by atoms with Crippen molar-refractivity contribution in [1.29, 1.82) is 0 Å². The highest BCUT2D eigenvalue weighted by Gasteiger charge is 2.34. The fraction of sp³-hybridized carbons (Fsp3) is 0.429. The van der Waals surface area contributed by atoms with E-state index in [0.29, 0.717) is 6.04 Å². The summed E-state index contributed by atoms with van der Waals surface area (Å²) in [6.45, 7) is 1.84. The molecule has 0 radical (unpaired) electrons. The molecule has 2 aliphatic heterocycles. The number of methoxy groups -OCH3 is 3. The fourth-order valence-corrected chi connectivity index (χ4v) is 4.39. The maximum Gasteiger partial charge on any atom is 0.161 e. The third-order valence-corrected chi connectivity index (χ3v) is 5.75. The minimum absolute atomic E-state index is 0.00641. The first-order valence-corrected chi connectivity index (χ1v) is 8.97. The van der Waals surface area contributed by atoms with Crippen molar-refractivity contribution < 1.29 is 19.3 Å². The second-order valence-corrected chi connectivity index (χ2v) is 6.89. The van der Waals surface area contributed by atoms with Crippen molar-refractivity contribution >= 4 is 0 Å². The highest BCUT2D eigenvalue weighted by atomic mass is 16.5. The van der Waals surface area contributed by atoms with E-state index in [-0.39, 0.29) is 6.61 Å². The van der Waals surface area contributed by atoms with Crippen LogP contribution in [0.2, 0.25) is 0 Å². The molecule has 26 heavy (non-hydrogen) atoms. The van der Waals surface area contributed by atoms with Gasteiger partial charge in [-0.3, -0.25) is 4.90 Å². The van der Waals surface area contributed by atoms with Gasteiger partial charge in [0.15, 0.2) is 11.5 Å². The van der Waals surface area contributed by atoms with Crippen LogP contribution in [0.25, 0.3) is 0 Å². The molecular weight excluding hydrogens is 330 g/mol. The molecule has 0 saturated heterocycles. The van der Waals surface area contributed by atoms with Crippen LogP contribution in [0.4, 0.5) is 0 Å². The van der Waals surface area contributed by atoms with E-state index in [1.54, 1.807) is 21.3 Å². The number of nitrogens with zero attached hydrogens (tertiary/aromatic N) is 1. The maximum absolute atomic E-state index is 9.86. The van der Waals surface area contributed by atoms with E-state index in [1.807, 2.05) is 6.07 Å². The molecule has 0 unspecified atom stereocenters. The van der Waals surface area contributed by atoms with Gasteiger partial charge in [-0.2, -0.15) is 0 Å². The van der Waals surface area contributed by atoms with Gasteiger partial charge in [0.2, 0.25) is 0 Å². The smallest absolute Gasteiger partial charge is 0.161 e. The second-order valence-electron chi connectivity index (χ2n) is 6.89. The summed E-state index contributed by atoms with van der Waals surface area (Å²) in [5, 5.41) is 9.86. The Bertz CT molecular complexity index is 833. The normalized spacial score (nSPS) is 18.5. The molecule has 1 N–H and O–H groups in total. The van der Waals surface area contributed by atoms with Gasteiger partial charge in [-0.25, -0.2) is 0 Å². The Morgan fingerprint density at radius 3 is 2.42 bits per heavy atom. The van der Waals surface area contributed by atoms with Crippen molar-refractivity contribution in [3.8, 4) is 17.2 Å². The van der Waals surface area contributed by atoms with Crippen LogP contribution in [0.15, 0.2) is 24.3 Å². The summed E-state index contributed by atoms with van der Waals surface area (Å²) < 4.78 is 16.4. The number of aliphatic hydroxyl groups is 1. The van der Waals surface area contributed by atoms with Gasteiger partial charge >= 0.3 is 0 Å². The maximum atomic E-state index is 9.86. The zero-order valence-electron chi connectivity index (χ0n) is 15.5. The molecule has 0 spiro atoms. The fourth-order valence-electron chi connectivity index (χ4n) is 4.39. The lowest BCUT2D eigenvalue weighted by Gasteiger charge is -2.42. The van der Waals surface area contributed by atoms with Crippen LogP contribution in [0, 0.1) is 0 Å². The SMILES string of the molecule is COc1cc2c(cc1OC)[C@@H]1Cc3ccc(OC)c(CO)c3CN1CC2. The van der Waals surface area contributed by atoms with Crippen LogP contribution in [0.1, 0.15) is 33.9 Å². The summed E-state index contributed by atoms with van der Waals surface area (Å²) >= 11 is 0. The van der Waals surface area contributed by atoms with Crippen molar-refractivity contribution in [3.05, 3.63) is 52.1 Å². The summed E-state index contributed by atoms with van der Waals surface area (Å²) in [4.78, 5) is 2.50. The number of hydrogen-bond acceptors (Lipinski definition) is 5. The van der Waals surface area contributed by atoms with Crippen LogP contribution in [-0.2, 0) is 26.0 Å². The van der Waals surface area contributed by atoms with E-state index in [9.17, 15) is 5.11 Å². The zero-order valence-corrected chi connectivity index (χ0v) is 15.5. The molecule has 138 valence electrons. The largest absolute Gasteiger partial charge is 0.496 e. The van der Waals surface area contributed by atoms with Crippen LogP contribution in [-0.4, -0.2) is 37.9 Å². The van der Waals surface area contributed by atoms with E-state index in [4.69, 9.17) is 14.2 Å². The summed E-state index contributed by atoms with van der Waals surface area (Å²) in [7, 11) is 5.02. The Hall–Kier alpha value is -2.24. The van der Waals surface area contributed by atoms with Crippen molar-refractivity contribution in [1.82, 2.24) is 4.90 Å². The molecule has 2 aromatic carbocycles. The van der Waals surface area contributed by atoms with E-state index in [0.717, 1.165) is 48.7 Å². The Balaban J connectivity index is 1.76. The quantitative estimate of drug-likeness (QED) is 0.914. The molecule has 2 aliphatic rings. The number of rotatable bonds is 4. The number of ether oxygens (including phenoxy) is 3.